The van der Waals surface area contributed by atoms with Crippen LogP contribution in [0.25, 0.3) is 0 Å². The van der Waals surface area contributed by atoms with Gasteiger partial charge in [0.15, 0.2) is 0 Å². The predicted octanol–water partition coefficient (Wildman–Crippen LogP) is 1.06. The van der Waals surface area contributed by atoms with Crippen molar-refractivity contribution in [3.63, 3.8) is 0 Å². The fourth-order valence-electron chi connectivity index (χ4n) is 1.72. The van der Waals surface area contributed by atoms with E-state index in [4.69, 9.17) is 17.3 Å². The Morgan fingerprint density at radius 2 is 2.43 bits per heavy atom. The second-order valence-corrected chi connectivity index (χ2v) is 3.87. The Kier molecular flexibility index (Phi) is 2.84. The monoisotopic (exact) mass is 212 g/mol. The van der Waals surface area contributed by atoms with Gasteiger partial charge in [-0.15, -0.1) is 0 Å². The maximum Gasteiger partial charge on any atom is 0.224 e. The van der Waals surface area contributed by atoms with E-state index in [0.29, 0.717) is 5.28 Å². The number of hydrogen-bond acceptors (Lipinski definition) is 4. The summed E-state index contributed by atoms with van der Waals surface area (Å²) >= 11 is 5.72. The molecule has 0 saturated carbocycles. The zero-order valence-corrected chi connectivity index (χ0v) is 8.61. The molecule has 5 heteroatoms. The lowest BCUT2D eigenvalue weighted by Gasteiger charge is -2.31. The number of piperidine rings is 1. The molecule has 4 nitrogen and oxygen atoms in total. The van der Waals surface area contributed by atoms with Gasteiger partial charge in [0.25, 0.3) is 0 Å². The van der Waals surface area contributed by atoms with E-state index in [0.717, 1.165) is 31.7 Å². The molecule has 2 heterocycles. The van der Waals surface area contributed by atoms with Crippen LogP contribution in [-0.2, 0) is 0 Å². The molecule has 0 spiro atoms. The van der Waals surface area contributed by atoms with Crippen molar-refractivity contribution in [1.82, 2.24) is 9.97 Å². The minimum Gasteiger partial charge on any atom is -0.355 e. The molecule has 2 N–H and O–H groups in total. The normalized spacial score (nSPS) is 22.4. The second-order valence-electron chi connectivity index (χ2n) is 3.53. The summed E-state index contributed by atoms with van der Waals surface area (Å²) < 4.78 is 0. The predicted molar refractivity (Wildman–Crippen MR) is 56.5 cm³/mol. The molecular formula is C9H13ClN4. The van der Waals surface area contributed by atoms with Gasteiger partial charge in [0, 0.05) is 25.3 Å². The van der Waals surface area contributed by atoms with Gasteiger partial charge in [-0.3, -0.25) is 0 Å². The Labute approximate surface area is 88.1 Å². The molecule has 0 unspecified atom stereocenters. The molecule has 14 heavy (non-hydrogen) atoms. The molecular weight excluding hydrogens is 200 g/mol. The van der Waals surface area contributed by atoms with E-state index in [1.54, 1.807) is 6.20 Å². The summed E-state index contributed by atoms with van der Waals surface area (Å²) in [5.41, 5.74) is 5.88. The third-order valence-corrected chi connectivity index (χ3v) is 2.58. The van der Waals surface area contributed by atoms with E-state index in [1.165, 1.54) is 0 Å². The van der Waals surface area contributed by atoms with Crippen LogP contribution in [0.4, 0.5) is 5.82 Å². The highest BCUT2D eigenvalue weighted by molar-refractivity contribution is 6.28. The number of rotatable bonds is 1. The average molecular weight is 213 g/mol. The van der Waals surface area contributed by atoms with Crippen LogP contribution in [0.2, 0.25) is 5.28 Å². The number of halogens is 1. The van der Waals surface area contributed by atoms with Crippen LogP contribution < -0.4 is 10.6 Å². The van der Waals surface area contributed by atoms with Gasteiger partial charge in [-0.05, 0) is 30.5 Å². The van der Waals surface area contributed by atoms with Crippen LogP contribution in [0.1, 0.15) is 12.8 Å². The molecule has 1 saturated heterocycles. The number of aromatic nitrogens is 2. The second kappa shape index (κ2) is 4.11. The van der Waals surface area contributed by atoms with Gasteiger partial charge in [-0.2, -0.15) is 0 Å². The smallest absolute Gasteiger partial charge is 0.224 e. The first-order chi connectivity index (χ1) is 6.75. The van der Waals surface area contributed by atoms with Crippen molar-refractivity contribution in [3.8, 4) is 0 Å². The fourth-order valence-corrected chi connectivity index (χ4v) is 1.86. The third-order valence-electron chi connectivity index (χ3n) is 2.39. The zero-order valence-electron chi connectivity index (χ0n) is 7.86. The van der Waals surface area contributed by atoms with E-state index in [2.05, 4.69) is 14.9 Å². The number of nitrogens with zero attached hydrogens (tertiary/aromatic N) is 3. The number of nitrogens with two attached hydrogens (primary N) is 1. The molecule has 1 atom stereocenters. The van der Waals surface area contributed by atoms with E-state index >= 15 is 0 Å². The summed E-state index contributed by atoms with van der Waals surface area (Å²) in [4.78, 5) is 10.2. The summed E-state index contributed by atoms with van der Waals surface area (Å²) in [6.07, 6.45) is 3.88. The number of anilines is 1. The quantitative estimate of drug-likeness (QED) is 0.708. The Hall–Kier alpha value is -0.870. The van der Waals surface area contributed by atoms with E-state index < -0.39 is 0 Å². The standard InChI is InChI=1S/C9H13ClN4/c10-9-12-4-3-8(13-9)14-5-1-2-7(11)6-14/h3-4,7H,1-2,5-6,11H2/t7-/m0/s1. The zero-order chi connectivity index (χ0) is 9.97. The third kappa shape index (κ3) is 2.13. The highest BCUT2D eigenvalue weighted by Gasteiger charge is 2.17. The van der Waals surface area contributed by atoms with Crippen molar-refractivity contribution in [2.45, 2.75) is 18.9 Å². The van der Waals surface area contributed by atoms with Gasteiger partial charge in [0.05, 0.1) is 0 Å². The van der Waals surface area contributed by atoms with Crippen molar-refractivity contribution >= 4 is 17.4 Å². The maximum absolute atomic E-state index is 5.88. The molecule has 1 aliphatic heterocycles. The van der Waals surface area contributed by atoms with Crippen LogP contribution in [0.3, 0.4) is 0 Å². The van der Waals surface area contributed by atoms with Crippen LogP contribution >= 0.6 is 11.6 Å². The number of hydrogen-bond donors (Lipinski definition) is 1. The van der Waals surface area contributed by atoms with E-state index in [-0.39, 0.29) is 6.04 Å². The van der Waals surface area contributed by atoms with Gasteiger partial charge in [-0.1, -0.05) is 0 Å². The minimum absolute atomic E-state index is 0.248. The highest BCUT2D eigenvalue weighted by atomic mass is 35.5. The van der Waals surface area contributed by atoms with Crippen molar-refractivity contribution in [1.29, 1.82) is 0 Å². The van der Waals surface area contributed by atoms with Crippen molar-refractivity contribution in [2.75, 3.05) is 18.0 Å². The Morgan fingerprint density at radius 3 is 3.14 bits per heavy atom. The molecule has 1 fully saturated rings. The Bertz CT molecular complexity index is 317. The molecule has 1 aromatic heterocycles. The lowest BCUT2D eigenvalue weighted by molar-refractivity contribution is 0.503. The first-order valence-corrected chi connectivity index (χ1v) is 5.12. The lowest BCUT2D eigenvalue weighted by atomic mass is 10.1. The Balaban J connectivity index is 2.14. The van der Waals surface area contributed by atoms with E-state index in [9.17, 15) is 0 Å². The first kappa shape index (κ1) is 9.68. The van der Waals surface area contributed by atoms with Gasteiger partial charge in [0.2, 0.25) is 5.28 Å². The minimum atomic E-state index is 0.248. The largest absolute Gasteiger partial charge is 0.355 e. The maximum atomic E-state index is 5.88. The molecule has 0 aliphatic carbocycles. The fraction of sp³-hybridized carbons (Fsp3) is 0.556. The molecule has 1 aromatic rings. The molecule has 0 radical (unpaired) electrons. The Morgan fingerprint density at radius 1 is 1.57 bits per heavy atom. The van der Waals surface area contributed by atoms with Crippen LogP contribution in [0, 0.1) is 0 Å². The van der Waals surface area contributed by atoms with Crippen molar-refractivity contribution < 1.29 is 0 Å². The van der Waals surface area contributed by atoms with Crippen LogP contribution in [0.15, 0.2) is 12.3 Å². The van der Waals surface area contributed by atoms with Crippen LogP contribution in [-0.4, -0.2) is 29.1 Å². The molecule has 0 bridgehead atoms. The first-order valence-electron chi connectivity index (χ1n) is 4.75. The topological polar surface area (TPSA) is 55.0 Å². The van der Waals surface area contributed by atoms with Gasteiger partial charge < -0.3 is 10.6 Å². The van der Waals surface area contributed by atoms with Gasteiger partial charge >= 0.3 is 0 Å². The van der Waals surface area contributed by atoms with Gasteiger partial charge in [-0.25, -0.2) is 9.97 Å². The molecule has 0 aromatic carbocycles. The average Bonchev–Trinajstić information content (AvgIpc) is 2.18. The van der Waals surface area contributed by atoms with E-state index in [1.807, 2.05) is 6.07 Å². The van der Waals surface area contributed by atoms with Crippen LogP contribution in [0.5, 0.6) is 0 Å². The van der Waals surface area contributed by atoms with Crippen molar-refractivity contribution in [2.24, 2.45) is 5.73 Å². The highest BCUT2D eigenvalue weighted by Crippen LogP contribution is 2.17. The summed E-state index contributed by atoms with van der Waals surface area (Å²) in [6, 6.07) is 2.11. The molecule has 1 aliphatic rings. The molecule has 0 amide bonds. The van der Waals surface area contributed by atoms with Crippen molar-refractivity contribution in [3.05, 3.63) is 17.5 Å². The molecule has 2 rings (SSSR count). The summed E-state index contributed by atoms with van der Waals surface area (Å²) in [5, 5.41) is 0.293. The summed E-state index contributed by atoms with van der Waals surface area (Å²) in [5.74, 6) is 0.875. The summed E-state index contributed by atoms with van der Waals surface area (Å²) in [7, 11) is 0. The SMILES string of the molecule is N[C@H]1CCCN(c2ccnc(Cl)n2)C1. The lowest BCUT2D eigenvalue weighted by Crippen LogP contribution is -2.43. The van der Waals surface area contributed by atoms with Gasteiger partial charge in [0.1, 0.15) is 5.82 Å². The summed E-state index contributed by atoms with van der Waals surface area (Å²) in [6.45, 7) is 1.86. The molecule has 76 valence electrons.